The molecule has 0 spiro atoms. The summed E-state index contributed by atoms with van der Waals surface area (Å²) >= 11 is 1.62. The van der Waals surface area contributed by atoms with E-state index in [1.54, 1.807) is 18.8 Å². The molecular weight excluding hydrogens is 224 g/mol. The molecule has 1 atom stereocenters. The number of rotatable bonds is 6. The number of nitrogens with zero attached hydrogens (tertiary/aromatic N) is 5. The number of nitriles is 1. The fraction of sp³-hybridized carbons (Fsp3) is 0.778. The Kier molecular flexibility index (Phi) is 3.74. The fourth-order valence-electron chi connectivity index (χ4n) is 1.37. The van der Waals surface area contributed by atoms with Crippen LogP contribution in [0.2, 0.25) is 0 Å². The largest absolute Gasteiger partial charge is 0.305 e. The lowest BCUT2D eigenvalue weighted by Crippen LogP contribution is -2.23. The van der Waals surface area contributed by atoms with Gasteiger partial charge in [-0.1, -0.05) is 11.8 Å². The molecule has 1 heterocycles. The number of hydrogen-bond donors (Lipinski definition) is 1. The smallest absolute Gasteiger partial charge is 0.209 e. The van der Waals surface area contributed by atoms with Crippen LogP contribution in [-0.2, 0) is 0 Å². The molecule has 0 saturated heterocycles. The normalized spacial score (nSPS) is 17.0. The Hall–Kier alpha value is -1.13. The molecule has 1 aromatic heterocycles. The average molecular weight is 238 g/mol. The van der Waals surface area contributed by atoms with Gasteiger partial charge in [-0.05, 0) is 36.7 Å². The number of nitrogens with one attached hydrogen (secondary N) is 1. The summed E-state index contributed by atoms with van der Waals surface area (Å²) in [5.41, 5.74) is 0. The first-order chi connectivity index (χ1) is 7.85. The highest BCUT2D eigenvalue weighted by atomic mass is 32.2. The zero-order valence-corrected chi connectivity index (χ0v) is 9.94. The Labute approximate surface area is 98.4 Å². The lowest BCUT2D eigenvalue weighted by molar-refractivity contribution is 0.565. The Morgan fingerprint density at radius 1 is 1.69 bits per heavy atom. The lowest BCUT2D eigenvalue weighted by Gasteiger charge is -2.06. The van der Waals surface area contributed by atoms with E-state index >= 15 is 0 Å². The predicted molar refractivity (Wildman–Crippen MR) is 59.9 cm³/mol. The summed E-state index contributed by atoms with van der Waals surface area (Å²) in [7, 11) is 1.80. The van der Waals surface area contributed by atoms with Crippen LogP contribution in [0.25, 0.3) is 0 Å². The van der Waals surface area contributed by atoms with Crippen LogP contribution >= 0.6 is 11.8 Å². The average Bonchev–Trinajstić information content (AvgIpc) is 3.05. The highest BCUT2D eigenvalue weighted by Crippen LogP contribution is 2.36. The summed E-state index contributed by atoms with van der Waals surface area (Å²) in [5, 5.41) is 24.2. The second kappa shape index (κ2) is 5.27. The molecule has 0 radical (unpaired) electrons. The predicted octanol–water partition coefficient (Wildman–Crippen LogP) is 0.602. The number of thioether (sulfide) groups is 1. The van der Waals surface area contributed by atoms with E-state index in [1.165, 1.54) is 12.8 Å². The molecule has 0 aliphatic heterocycles. The van der Waals surface area contributed by atoms with Gasteiger partial charge >= 0.3 is 0 Å². The first kappa shape index (κ1) is 11.4. The van der Waals surface area contributed by atoms with E-state index < -0.39 is 0 Å². The zero-order chi connectivity index (χ0) is 11.4. The Morgan fingerprint density at radius 2 is 2.50 bits per heavy atom. The van der Waals surface area contributed by atoms with Gasteiger partial charge in [0.1, 0.15) is 0 Å². The molecule has 1 unspecified atom stereocenters. The van der Waals surface area contributed by atoms with Crippen molar-refractivity contribution in [2.24, 2.45) is 0 Å². The van der Waals surface area contributed by atoms with E-state index in [9.17, 15) is 0 Å². The van der Waals surface area contributed by atoms with Gasteiger partial charge in [0.25, 0.3) is 0 Å². The molecule has 1 N–H and O–H groups in total. The molecule has 0 bridgehead atoms. The van der Waals surface area contributed by atoms with Crippen molar-refractivity contribution in [2.75, 3.05) is 12.8 Å². The molecule has 7 heteroatoms. The minimum absolute atomic E-state index is 0.0854. The van der Waals surface area contributed by atoms with E-state index in [1.807, 2.05) is 4.68 Å². The summed E-state index contributed by atoms with van der Waals surface area (Å²) in [6, 6.07) is 2.62. The molecule has 0 aromatic carbocycles. The molecule has 6 nitrogen and oxygen atoms in total. The maximum absolute atomic E-state index is 8.77. The third-order valence-corrected chi connectivity index (χ3v) is 3.46. The number of aromatic nitrogens is 4. The summed E-state index contributed by atoms with van der Waals surface area (Å²) in [6.45, 7) is 0. The molecule has 1 fully saturated rings. The molecule has 1 saturated carbocycles. The van der Waals surface area contributed by atoms with Crippen LogP contribution in [0, 0.1) is 11.3 Å². The van der Waals surface area contributed by atoms with Crippen molar-refractivity contribution in [1.29, 1.82) is 5.26 Å². The van der Waals surface area contributed by atoms with Gasteiger partial charge < -0.3 is 5.32 Å². The number of hydrogen-bond acceptors (Lipinski definition) is 6. The number of tetrazole rings is 1. The lowest BCUT2D eigenvalue weighted by atomic mass is 10.3. The molecule has 2 rings (SSSR count). The molecule has 86 valence electrons. The van der Waals surface area contributed by atoms with Gasteiger partial charge in [-0.25, -0.2) is 4.68 Å². The van der Waals surface area contributed by atoms with Gasteiger partial charge in [-0.2, -0.15) is 5.26 Å². The highest BCUT2D eigenvalue weighted by Gasteiger charge is 2.27. The van der Waals surface area contributed by atoms with Crippen LogP contribution in [-0.4, -0.2) is 39.0 Å². The van der Waals surface area contributed by atoms with Crippen molar-refractivity contribution >= 4 is 11.8 Å². The molecule has 1 aromatic rings. The topological polar surface area (TPSA) is 79.4 Å². The van der Waals surface area contributed by atoms with Crippen LogP contribution in [0.3, 0.4) is 0 Å². The Morgan fingerprint density at radius 3 is 3.12 bits per heavy atom. The van der Waals surface area contributed by atoms with Crippen LogP contribution in [0.5, 0.6) is 0 Å². The van der Waals surface area contributed by atoms with Gasteiger partial charge in [-0.15, -0.1) is 5.10 Å². The fourth-order valence-corrected chi connectivity index (χ4v) is 2.32. The zero-order valence-electron chi connectivity index (χ0n) is 9.13. The molecule has 1 aliphatic carbocycles. The summed E-state index contributed by atoms with van der Waals surface area (Å²) < 4.78 is 1.89. The van der Waals surface area contributed by atoms with Gasteiger partial charge in [0.05, 0.1) is 18.2 Å². The summed E-state index contributed by atoms with van der Waals surface area (Å²) in [5.74, 6) is 0.853. The maximum Gasteiger partial charge on any atom is 0.209 e. The van der Waals surface area contributed by atoms with Crippen LogP contribution < -0.4 is 5.32 Å². The van der Waals surface area contributed by atoms with E-state index in [-0.39, 0.29) is 6.04 Å². The summed E-state index contributed by atoms with van der Waals surface area (Å²) in [4.78, 5) is 0. The van der Waals surface area contributed by atoms with E-state index in [0.717, 1.165) is 17.3 Å². The van der Waals surface area contributed by atoms with Crippen molar-refractivity contribution in [1.82, 2.24) is 25.5 Å². The van der Waals surface area contributed by atoms with Crippen molar-refractivity contribution in [3.63, 3.8) is 0 Å². The van der Waals surface area contributed by atoms with Gasteiger partial charge in [0.15, 0.2) is 0 Å². The van der Waals surface area contributed by atoms with Crippen molar-refractivity contribution < 1.29 is 0 Å². The Balaban J connectivity index is 1.81. The SMILES string of the molecule is CNC(C#N)CCSc1nnnn1C1CC1. The highest BCUT2D eigenvalue weighted by molar-refractivity contribution is 7.99. The second-order valence-corrected chi connectivity index (χ2v) is 4.81. The minimum atomic E-state index is -0.0854. The van der Waals surface area contributed by atoms with Gasteiger partial charge in [-0.3, -0.25) is 0 Å². The minimum Gasteiger partial charge on any atom is -0.305 e. The molecule has 1 aliphatic rings. The second-order valence-electron chi connectivity index (χ2n) is 3.74. The molecule has 16 heavy (non-hydrogen) atoms. The first-order valence-electron chi connectivity index (χ1n) is 5.32. The Bertz CT molecular complexity index is 380. The summed E-state index contributed by atoms with van der Waals surface area (Å²) in [6.07, 6.45) is 3.15. The van der Waals surface area contributed by atoms with Gasteiger partial charge in [0.2, 0.25) is 5.16 Å². The van der Waals surface area contributed by atoms with Crippen molar-refractivity contribution in [2.45, 2.75) is 36.5 Å². The first-order valence-corrected chi connectivity index (χ1v) is 6.31. The van der Waals surface area contributed by atoms with Crippen molar-refractivity contribution in [3.05, 3.63) is 0 Å². The van der Waals surface area contributed by atoms with E-state index in [2.05, 4.69) is 26.9 Å². The monoisotopic (exact) mass is 238 g/mol. The van der Waals surface area contributed by atoms with Crippen LogP contribution in [0.15, 0.2) is 5.16 Å². The van der Waals surface area contributed by atoms with Crippen molar-refractivity contribution in [3.8, 4) is 6.07 Å². The third kappa shape index (κ3) is 2.71. The van der Waals surface area contributed by atoms with E-state index in [4.69, 9.17) is 5.26 Å². The maximum atomic E-state index is 8.77. The molecular formula is C9H14N6S. The quantitative estimate of drug-likeness (QED) is 0.731. The molecule has 0 amide bonds. The third-order valence-electron chi connectivity index (χ3n) is 2.50. The standard InChI is InChI=1S/C9H14N6S/c1-11-7(6-10)4-5-16-9-12-13-14-15(9)8-2-3-8/h7-8,11H,2-5H2,1H3. The van der Waals surface area contributed by atoms with Crippen LogP contribution in [0.1, 0.15) is 25.3 Å². The van der Waals surface area contributed by atoms with Gasteiger partial charge in [0, 0.05) is 5.75 Å². The van der Waals surface area contributed by atoms with E-state index in [0.29, 0.717) is 6.04 Å². The van der Waals surface area contributed by atoms with Crippen LogP contribution in [0.4, 0.5) is 0 Å².